The van der Waals surface area contributed by atoms with Crippen LogP contribution in [0.1, 0.15) is 0 Å². The molecule has 0 bridgehead atoms. The smallest absolute Gasteiger partial charge is 0.159 e. The van der Waals surface area contributed by atoms with Gasteiger partial charge in [0.15, 0.2) is 5.58 Å². The highest BCUT2D eigenvalue weighted by Gasteiger charge is 2.22. The van der Waals surface area contributed by atoms with Crippen molar-refractivity contribution in [1.29, 1.82) is 0 Å². The first kappa shape index (κ1) is 26.3. The van der Waals surface area contributed by atoms with Gasteiger partial charge in [-0.3, -0.25) is 0 Å². The number of para-hydroxylation sites is 2. The number of benzene rings is 8. The van der Waals surface area contributed by atoms with E-state index in [0.717, 1.165) is 39.0 Å². The molecule has 0 aliphatic carbocycles. The molecule has 0 saturated heterocycles. The van der Waals surface area contributed by atoms with E-state index >= 15 is 0 Å². The van der Waals surface area contributed by atoms with Crippen LogP contribution in [0.5, 0.6) is 0 Å². The molecule has 47 heavy (non-hydrogen) atoms. The van der Waals surface area contributed by atoms with E-state index in [4.69, 9.17) is 4.42 Å². The topological polar surface area (TPSA) is 16.4 Å². The average molecular weight is 618 g/mol. The summed E-state index contributed by atoms with van der Waals surface area (Å²) in [4.78, 5) is 2.40. The highest BCUT2D eigenvalue weighted by Crippen LogP contribution is 2.47. The number of fused-ring (bicyclic) bond motifs is 9. The first-order valence-electron chi connectivity index (χ1n) is 15.9. The Kier molecular flexibility index (Phi) is 5.78. The predicted octanol–water partition coefficient (Wildman–Crippen LogP) is 13.4. The van der Waals surface area contributed by atoms with E-state index in [9.17, 15) is 0 Å². The van der Waals surface area contributed by atoms with E-state index in [1.807, 2.05) is 17.4 Å². The van der Waals surface area contributed by atoms with Crippen LogP contribution in [0.4, 0.5) is 17.1 Å². The van der Waals surface area contributed by atoms with Crippen molar-refractivity contribution in [3.8, 4) is 11.1 Å². The van der Waals surface area contributed by atoms with Gasteiger partial charge in [0.05, 0.1) is 11.4 Å². The normalized spacial score (nSPS) is 11.8. The number of anilines is 3. The second-order valence-electron chi connectivity index (χ2n) is 12.1. The zero-order valence-corrected chi connectivity index (χ0v) is 26.2. The van der Waals surface area contributed by atoms with E-state index in [-0.39, 0.29) is 0 Å². The molecule has 0 radical (unpaired) electrons. The fourth-order valence-electron chi connectivity index (χ4n) is 7.32. The van der Waals surface area contributed by atoms with Gasteiger partial charge < -0.3 is 9.32 Å². The molecule has 10 rings (SSSR count). The van der Waals surface area contributed by atoms with Crippen LogP contribution in [0.3, 0.4) is 0 Å². The Hall–Kier alpha value is -5.90. The number of hydrogen-bond acceptors (Lipinski definition) is 3. The third-order valence-electron chi connectivity index (χ3n) is 9.43. The lowest BCUT2D eigenvalue weighted by atomic mass is 9.98. The Balaban J connectivity index is 1.28. The van der Waals surface area contributed by atoms with Crippen molar-refractivity contribution in [3.05, 3.63) is 164 Å². The maximum Gasteiger partial charge on any atom is 0.159 e. The third kappa shape index (κ3) is 4.04. The zero-order chi connectivity index (χ0) is 30.9. The van der Waals surface area contributed by atoms with Gasteiger partial charge in [0.1, 0.15) is 5.58 Å². The van der Waals surface area contributed by atoms with Crippen molar-refractivity contribution >= 4 is 92.1 Å². The lowest BCUT2D eigenvalue weighted by Crippen LogP contribution is -2.11. The molecule has 0 N–H and O–H groups in total. The molecule has 0 aliphatic heterocycles. The minimum absolute atomic E-state index is 0.878. The monoisotopic (exact) mass is 617 g/mol. The fourth-order valence-corrected chi connectivity index (χ4v) is 8.56. The first-order chi connectivity index (χ1) is 23.3. The number of hydrogen-bond donors (Lipinski definition) is 0. The van der Waals surface area contributed by atoms with E-state index in [1.54, 1.807) is 0 Å². The van der Waals surface area contributed by atoms with Gasteiger partial charge in [0.25, 0.3) is 0 Å². The van der Waals surface area contributed by atoms with Gasteiger partial charge in [-0.1, -0.05) is 127 Å². The van der Waals surface area contributed by atoms with Crippen molar-refractivity contribution in [1.82, 2.24) is 0 Å². The van der Waals surface area contributed by atoms with Gasteiger partial charge in [-0.2, -0.15) is 0 Å². The Morgan fingerprint density at radius 2 is 1.13 bits per heavy atom. The minimum atomic E-state index is 0.878. The van der Waals surface area contributed by atoms with Crippen molar-refractivity contribution < 1.29 is 4.42 Å². The molecule has 2 aromatic heterocycles. The van der Waals surface area contributed by atoms with E-state index in [0.29, 0.717) is 0 Å². The first-order valence-corrected chi connectivity index (χ1v) is 16.7. The molecule has 0 spiro atoms. The van der Waals surface area contributed by atoms with Crippen LogP contribution in [-0.4, -0.2) is 0 Å². The Morgan fingerprint density at radius 1 is 0.447 bits per heavy atom. The molecule has 10 aromatic rings. The van der Waals surface area contributed by atoms with Gasteiger partial charge in [0, 0.05) is 42.0 Å². The highest BCUT2D eigenvalue weighted by molar-refractivity contribution is 7.26. The molecule has 0 aliphatic rings. The van der Waals surface area contributed by atoms with Crippen LogP contribution in [0, 0.1) is 0 Å². The van der Waals surface area contributed by atoms with Gasteiger partial charge in [0.2, 0.25) is 0 Å². The molecule has 0 amide bonds. The van der Waals surface area contributed by atoms with E-state index in [1.165, 1.54) is 52.8 Å². The standard InChI is InChI=1S/C44H27NOS/c1-2-15-31-29(12-1)27-40(34-17-4-3-16-33(31)34)45(39-23-11-21-37-35-18-5-7-24-41(35)46-43(37)39)30-14-9-13-28(26-30)32-20-10-22-38-36-19-6-8-25-42(36)47-44(32)38/h1-27H. The van der Waals surface area contributed by atoms with Gasteiger partial charge in [-0.25, -0.2) is 0 Å². The maximum absolute atomic E-state index is 6.67. The number of furan rings is 1. The van der Waals surface area contributed by atoms with Crippen LogP contribution in [-0.2, 0) is 0 Å². The molecule has 220 valence electrons. The van der Waals surface area contributed by atoms with Crippen LogP contribution in [0.2, 0.25) is 0 Å². The highest BCUT2D eigenvalue weighted by atomic mass is 32.1. The van der Waals surface area contributed by atoms with Gasteiger partial charge in [-0.05, 0) is 63.7 Å². The number of rotatable bonds is 4. The Bertz CT molecular complexity index is 2820. The summed E-state index contributed by atoms with van der Waals surface area (Å²) < 4.78 is 9.30. The molecule has 0 saturated carbocycles. The summed E-state index contributed by atoms with van der Waals surface area (Å²) in [6.45, 7) is 0. The number of thiophene rings is 1. The Morgan fingerprint density at radius 3 is 2.04 bits per heavy atom. The average Bonchev–Trinajstić information content (AvgIpc) is 3.71. The van der Waals surface area contributed by atoms with E-state index < -0.39 is 0 Å². The van der Waals surface area contributed by atoms with Crippen molar-refractivity contribution in [2.24, 2.45) is 0 Å². The summed E-state index contributed by atoms with van der Waals surface area (Å²) >= 11 is 1.87. The summed E-state index contributed by atoms with van der Waals surface area (Å²) in [5.41, 5.74) is 7.41. The molecule has 8 aromatic carbocycles. The van der Waals surface area contributed by atoms with Gasteiger partial charge >= 0.3 is 0 Å². The largest absolute Gasteiger partial charge is 0.454 e. The van der Waals surface area contributed by atoms with Crippen LogP contribution < -0.4 is 4.90 Å². The molecule has 2 nitrogen and oxygen atoms in total. The number of nitrogens with zero attached hydrogens (tertiary/aromatic N) is 1. The lowest BCUT2D eigenvalue weighted by molar-refractivity contribution is 0.669. The second-order valence-corrected chi connectivity index (χ2v) is 13.1. The SMILES string of the molecule is c1cc(-c2cccc3c2sc2ccccc23)cc(N(c2cc3ccccc3c3ccccc23)c2cccc3c2oc2ccccc23)c1. The summed E-state index contributed by atoms with van der Waals surface area (Å²) in [5, 5.41) is 9.72. The molecule has 0 fully saturated rings. The third-order valence-corrected chi connectivity index (χ3v) is 10.7. The van der Waals surface area contributed by atoms with Crippen molar-refractivity contribution in [3.63, 3.8) is 0 Å². The maximum atomic E-state index is 6.67. The summed E-state index contributed by atoms with van der Waals surface area (Å²) in [5.74, 6) is 0. The molecule has 3 heteroatoms. The van der Waals surface area contributed by atoms with E-state index in [2.05, 4.69) is 163 Å². The fraction of sp³-hybridized carbons (Fsp3) is 0. The van der Waals surface area contributed by atoms with Crippen molar-refractivity contribution in [2.75, 3.05) is 4.90 Å². The van der Waals surface area contributed by atoms with Crippen LogP contribution >= 0.6 is 11.3 Å². The zero-order valence-electron chi connectivity index (χ0n) is 25.4. The minimum Gasteiger partial charge on any atom is -0.454 e. The molecule has 0 unspecified atom stereocenters. The van der Waals surface area contributed by atoms with Gasteiger partial charge in [-0.15, -0.1) is 11.3 Å². The predicted molar refractivity (Wildman–Crippen MR) is 202 cm³/mol. The molecule has 2 heterocycles. The quantitative estimate of drug-likeness (QED) is 0.183. The summed E-state index contributed by atoms with van der Waals surface area (Å²) in [6, 6.07) is 59.0. The summed E-state index contributed by atoms with van der Waals surface area (Å²) in [7, 11) is 0. The molecular weight excluding hydrogens is 591 g/mol. The molecule has 0 atom stereocenters. The van der Waals surface area contributed by atoms with Crippen molar-refractivity contribution in [2.45, 2.75) is 0 Å². The molecular formula is C44H27NOS. The lowest BCUT2D eigenvalue weighted by Gasteiger charge is -2.28. The second kappa shape index (κ2) is 10.3. The van der Waals surface area contributed by atoms with Crippen LogP contribution in [0.25, 0.3) is 74.8 Å². The van der Waals surface area contributed by atoms with Crippen LogP contribution in [0.15, 0.2) is 168 Å². The Labute approximate surface area is 275 Å². The summed E-state index contributed by atoms with van der Waals surface area (Å²) in [6.07, 6.45) is 0.